The van der Waals surface area contributed by atoms with Gasteiger partial charge < -0.3 is 10.6 Å². The molecule has 3 nitrogen and oxygen atoms in total. The van der Waals surface area contributed by atoms with Gasteiger partial charge in [0, 0.05) is 12.5 Å². The van der Waals surface area contributed by atoms with Gasteiger partial charge in [0.25, 0.3) is 0 Å². The third-order valence-electron chi connectivity index (χ3n) is 2.75. The van der Waals surface area contributed by atoms with Crippen molar-refractivity contribution in [3.63, 3.8) is 0 Å². The molecule has 1 saturated carbocycles. The lowest BCUT2D eigenvalue weighted by Crippen LogP contribution is -2.27. The Morgan fingerprint density at radius 1 is 1.25 bits per heavy atom. The summed E-state index contributed by atoms with van der Waals surface area (Å²) in [6.07, 6.45) is 5.15. The lowest BCUT2D eigenvalue weighted by atomic mass is 9.92. The molecule has 0 radical (unpaired) electrons. The van der Waals surface area contributed by atoms with Crippen LogP contribution in [0.1, 0.15) is 52.9 Å². The van der Waals surface area contributed by atoms with Crippen LogP contribution < -0.4 is 10.6 Å². The molecule has 0 aliphatic heterocycles. The monoisotopic (exact) mass is 226 g/mol. The Hall–Kier alpha value is -0.570. The second-order valence-electron chi connectivity index (χ2n) is 6.01. The molecule has 94 valence electrons. The van der Waals surface area contributed by atoms with Crippen molar-refractivity contribution < 1.29 is 4.79 Å². The van der Waals surface area contributed by atoms with Crippen LogP contribution in [0.4, 0.5) is 0 Å². The maximum absolute atomic E-state index is 11.3. The number of hydrogen-bond donors (Lipinski definition) is 2. The van der Waals surface area contributed by atoms with E-state index in [1.54, 1.807) is 0 Å². The predicted molar refractivity (Wildman–Crippen MR) is 67.3 cm³/mol. The minimum absolute atomic E-state index is 0.222. The Balaban J connectivity index is 1.85. The van der Waals surface area contributed by atoms with Crippen LogP contribution in [0.15, 0.2) is 0 Å². The van der Waals surface area contributed by atoms with E-state index in [1.165, 1.54) is 19.3 Å². The minimum atomic E-state index is 0.222. The van der Waals surface area contributed by atoms with Crippen LogP contribution in [0.2, 0.25) is 0 Å². The summed E-state index contributed by atoms with van der Waals surface area (Å²) < 4.78 is 0. The molecule has 1 rings (SSSR count). The standard InChI is InChI=1S/C13H26N2O/c1-13(2,3)8-10-14-9-4-5-12(16)15-11-6-7-11/h11,14H,4-10H2,1-3H3,(H,15,16). The van der Waals surface area contributed by atoms with E-state index in [2.05, 4.69) is 31.4 Å². The Morgan fingerprint density at radius 3 is 2.50 bits per heavy atom. The summed E-state index contributed by atoms with van der Waals surface area (Å²) in [5.41, 5.74) is 0.399. The quantitative estimate of drug-likeness (QED) is 0.653. The smallest absolute Gasteiger partial charge is 0.220 e. The molecule has 0 atom stereocenters. The van der Waals surface area contributed by atoms with Gasteiger partial charge in [0.2, 0.25) is 5.91 Å². The summed E-state index contributed by atoms with van der Waals surface area (Å²) in [6.45, 7) is 8.75. The molecule has 0 heterocycles. The zero-order chi connectivity index (χ0) is 12.0. The summed E-state index contributed by atoms with van der Waals surface area (Å²) >= 11 is 0. The summed E-state index contributed by atoms with van der Waals surface area (Å²) in [4.78, 5) is 11.3. The molecule has 0 unspecified atom stereocenters. The van der Waals surface area contributed by atoms with E-state index in [-0.39, 0.29) is 5.91 Å². The third kappa shape index (κ3) is 7.69. The maximum atomic E-state index is 11.3. The molecule has 0 aromatic carbocycles. The number of hydrogen-bond acceptors (Lipinski definition) is 2. The van der Waals surface area contributed by atoms with Gasteiger partial charge in [-0.15, -0.1) is 0 Å². The Morgan fingerprint density at radius 2 is 1.94 bits per heavy atom. The van der Waals surface area contributed by atoms with E-state index in [1.807, 2.05) is 0 Å². The molecule has 1 aliphatic rings. The SMILES string of the molecule is CC(C)(C)CCNCCCC(=O)NC1CC1. The van der Waals surface area contributed by atoms with Crippen LogP contribution in [-0.4, -0.2) is 25.0 Å². The number of nitrogens with one attached hydrogen (secondary N) is 2. The number of carbonyl (C=O) groups is 1. The normalized spacial score (nSPS) is 16.2. The summed E-state index contributed by atoms with van der Waals surface area (Å²) in [5.74, 6) is 0.222. The lowest BCUT2D eigenvalue weighted by molar-refractivity contribution is -0.121. The first-order valence-corrected chi connectivity index (χ1v) is 6.47. The molecule has 1 aliphatic carbocycles. The molecule has 1 amide bonds. The Bertz CT molecular complexity index is 216. The molecule has 3 heteroatoms. The third-order valence-corrected chi connectivity index (χ3v) is 2.75. The summed E-state index contributed by atoms with van der Waals surface area (Å²) in [6, 6.07) is 0.501. The van der Waals surface area contributed by atoms with Gasteiger partial charge in [0.05, 0.1) is 0 Å². The van der Waals surface area contributed by atoms with Crippen LogP contribution in [-0.2, 0) is 4.79 Å². The highest BCUT2D eigenvalue weighted by Crippen LogP contribution is 2.18. The fourth-order valence-electron chi connectivity index (χ4n) is 1.49. The molecule has 0 saturated heterocycles. The Kier molecular flexibility index (Phi) is 5.26. The van der Waals surface area contributed by atoms with Gasteiger partial charge >= 0.3 is 0 Å². The highest BCUT2D eigenvalue weighted by atomic mass is 16.1. The number of amides is 1. The topological polar surface area (TPSA) is 41.1 Å². The van der Waals surface area contributed by atoms with Crippen molar-refractivity contribution in [3.05, 3.63) is 0 Å². The second kappa shape index (κ2) is 6.24. The zero-order valence-electron chi connectivity index (χ0n) is 10.9. The highest BCUT2D eigenvalue weighted by molar-refractivity contribution is 5.76. The Labute approximate surface area is 99.4 Å². The largest absolute Gasteiger partial charge is 0.353 e. The molecule has 2 N–H and O–H groups in total. The van der Waals surface area contributed by atoms with Gasteiger partial charge in [0.15, 0.2) is 0 Å². The van der Waals surface area contributed by atoms with Crippen molar-refractivity contribution in [1.82, 2.24) is 10.6 Å². The minimum Gasteiger partial charge on any atom is -0.353 e. The van der Waals surface area contributed by atoms with Gasteiger partial charge in [0.1, 0.15) is 0 Å². The molecule has 16 heavy (non-hydrogen) atoms. The van der Waals surface area contributed by atoms with Crippen molar-refractivity contribution in [2.75, 3.05) is 13.1 Å². The molecule has 0 bridgehead atoms. The average Bonchev–Trinajstić information content (AvgIpc) is 2.93. The first-order valence-electron chi connectivity index (χ1n) is 6.47. The van der Waals surface area contributed by atoms with Crippen LogP contribution in [0.5, 0.6) is 0 Å². The lowest BCUT2D eigenvalue weighted by Gasteiger charge is -2.17. The van der Waals surface area contributed by atoms with E-state index in [0.717, 1.165) is 19.5 Å². The molecule has 1 fully saturated rings. The van der Waals surface area contributed by atoms with Crippen LogP contribution in [0.25, 0.3) is 0 Å². The van der Waals surface area contributed by atoms with Gasteiger partial charge in [-0.3, -0.25) is 4.79 Å². The molecule has 0 aromatic heterocycles. The fraction of sp³-hybridized carbons (Fsp3) is 0.923. The number of carbonyl (C=O) groups excluding carboxylic acids is 1. The van der Waals surface area contributed by atoms with Gasteiger partial charge in [-0.05, 0) is 44.2 Å². The number of rotatable bonds is 7. The second-order valence-corrected chi connectivity index (χ2v) is 6.01. The van der Waals surface area contributed by atoms with E-state index in [0.29, 0.717) is 17.9 Å². The van der Waals surface area contributed by atoms with Gasteiger partial charge in [-0.25, -0.2) is 0 Å². The van der Waals surface area contributed by atoms with Gasteiger partial charge in [-0.1, -0.05) is 20.8 Å². The maximum Gasteiger partial charge on any atom is 0.220 e. The van der Waals surface area contributed by atoms with E-state index < -0.39 is 0 Å². The van der Waals surface area contributed by atoms with Crippen molar-refractivity contribution in [2.45, 2.75) is 58.9 Å². The first kappa shape index (κ1) is 13.5. The van der Waals surface area contributed by atoms with Crippen molar-refractivity contribution in [3.8, 4) is 0 Å². The van der Waals surface area contributed by atoms with Crippen LogP contribution >= 0.6 is 0 Å². The highest BCUT2D eigenvalue weighted by Gasteiger charge is 2.22. The summed E-state index contributed by atoms with van der Waals surface area (Å²) in [5, 5.41) is 6.39. The zero-order valence-corrected chi connectivity index (χ0v) is 10.9. The van der Waals surface area contributed by atoms with E-state index >= 15 is 0 Å². The molecular formula is C13H26N2O. The predicted octanol–water partition coefficient (Wildman–Crippen LogP) is 2.07. The van der Waals surface area contributed by atoms with Crippen molar-refractivity contribution >= 4 is 5.91 Å². The first-order chi connectivity index (χ1) is 7.47. The van der Waals surface area contributed by atoms with Crippen molar-refractivity contribution in [2.24, 2.45) is 5.41 Å². The average molecular weight is 226 g/mol. The van der Waals surface area contributed by atoms with Crippen LogP contribution in [0, 0.1) is 5.41 Å². The molecule has 0 aromatic rings. The van der Waals surface area contributed by atoms with E-state index in [9.17, 15) is 4.79 Å². The molecular weight excluding hydrogens is 200 g/mol. The van der Waals surface area contributed by atoms with E-state index in [4.69, 9.17) is 0 Å². The van der Waals surface area contributed by atoms with Crippen LogP contribution in [0.3, 0.4) is 0 Å². The summed E-state index contributed by atoms with van der Waals surface area (Å²) in [7, 11) is 0. The van der Waals surface area contributed by atoms with Gasteiger partial charge in [-0.2, -0.15) is 0 Å². The fourth-order valence-corrected chi connectivity index (χ4v) is 1.49. The molecule has 0 spiro atoms. The van der Waals surface area contributed by atoms with Crippen molar-refractivity contribution in [1.29, 1.82) is 0 Å².